The minimum atomic E-state index is -0.112. The maximum atomic E-state index is 11.0. The molecule has 0 atom stereocenters. The van der Waals surface area contributed by atoms with Crippen molar-refractivity contribution in [1.29, 1.82) is 0 Å². The normalized spacial score (nSPS) is 10.2. The van der Waals surface area contributed by atoms with E-state index < -0.39 is 0 Å². The molecule has 0 unspecified atom stereocenters. The summed E-state index contributed by atoms with van der Waals surface area (Å²) >= 11 is 0. The molecule has 17 heavy (non-hydrogen) atoms. The molecule has 1 aromatic carbocycles. The summed E-state index contributed by atoms with van der Waals surface area (Å²) in [6.45, 7) is 3.90. The first-order valence-corrected chi connectivity index (χ1v) is 5.36. The van der Waals surface area contributed by atoms with Crippen molar-refractivity contribution in [2.45, 2.75) is 13.8 Å². The van der Waals surface area contributed by atoms with Crippen LogP contribution < -0.4 is 10.1 Å². The third kappa shape index (κ3) is 2.50. The number of nitrogens with zero attached hydrogens (tertiary/aromatic N) is 2. The fraction of sp³-hybridized carbons (Fsp3) is 0.250. The number of fused-ring (bicyclic) bond motifs is 1. The monoisotopic (exact) mass is 231 g/mol. The third-order valence-electron chi connectivity index (χ3n) is 2.20. The molecule has 2 aromatic rings. The highest BCUT2D eigenvalue weighted by atomic mass is 16.5. The second-order valence-electron chi connectivity index (χ2n) is 3.52. The summed E-state index contributed by atoms with van der Waals surface area (Å²) in [7, 11) is 0. The number of benzene rings is 1. The van der Waals surface area contributed by atoms with Gasteiger partial charge in [-0.1, -0.05) is 0 Å². The van der Waals surface area contributed by atoms with E-state index in [0.29, 0.717) is 18.2 Å². The van der Waals surface area contributed by atoms with E-state index in [9.17, 15) is 4.79 Å². The largest absolute Gasteiger partial charge is 0.477 e. The Bertz CT molecular complexity index is 554. The number of carbonyl (C=O) groups is 1. The van der Waals surface area contributed by atoms with Gasteiger partial charge in [0.2, 0.25) is 11.8 Å². The average Bonchev–Trinajstić information content (AvgIpc) is 2.29. The van der Waals surface area contributed by atoms with Gasteiger partial charge in [0.05, 0.1) is 17.5 Å². The molecule has 0 fully saturated rings. The summed E-state index contributed by atoms with van der Waals surface area (Å²) in [4.78, 5) is 19.2. The van der Waals surface area contributed by atoms with Gasteiger partial charge < -0.3 is 10.1 Å². The fourth-order valence-corrected chi connectivity index (χ4v) is 1.57. The molecule has 88 valence electrons. The second kappa shape index (κ2) is 4.78. The van der Waals surface area contributed by atoms with E-state index in [0.717, 1.165) is 10.9 Å². The Labute approximate surface area is 98.8 Å². The van der Waals surface area contributed by atoms with Gasteiger partial charge in [-0.15, -0.1) is 0 Å². The van der Waals surface area contributed by atoms with Gasteiger partial charge in [-0.25, -0.2) is 9.97 Å². The summed E-state index contributed by atoms with van der Waals surface area (Å²) < 4.78 is 5.42. The lowest BCUT2D eigenvalue weighted by molar-refractivity contribution is -0.114. The van der Waals surface area contributed by atoms with Crippen LogP contribution in [-0.2, 0) is 4.79 Å². The van der Waals surface area contributed by atoms with Crippen molar-refractivity contribution in [2.24, 2.45) is 0 Å². The highest BCUT2D eigenvalue weighted by molar-refractivity contribution is 5.93. The Balaban J connectivity index is 2.49. The van der Waals surface area contributed by atoms with Crippen molar-refractivity contribution >= 4 is 22.5 Å². The van der Waals surface area contributed by atoms with Crippen molar-refractivity contribution in [3.05, 3.63) is 24.5 Å². The van der Waals surface area contributed by atoms with Crippen LogP contribution in [0.15, 0.2) is 24.5 Å². The van der Waals surface area contributed by atoms with Gasteiger partial charge in [-0.3, -0.25) is 4.79 Å². The second-order valence-corrected chi connectivity index (χ2v) is 3.52. The number of hydrogen-bond acceptors (Lipinski definition) is 4. The molecule has 0 aliphatic rings. The van der Waals surface area contributed by atoms with Crippen LogP contribution in [0.4, 0.5) is 5.69 Å². The van der Waals surface area contributed by atoms with Crippen molar-refractivity contribution in [3.63, 3.8) is 0 Å². The smallest absolute Gasteiger partial charge is 0.224 e. The zero-order valence-corrected chi connectivity index (χ0v) is 9.73. The van der Waals surface area contributed by atoms with Crippen LogP contribution in [0.25, 0.3) is 10.9 Å². The number of carbonyl (C=O) groups excluding carboxylic acids is 1. The number of amides is 1. The molecule has 5 nitrogen and oxygen atoms in total. The number of aromatic nitrogens is 2. The maximum absolute atomic E-state index is 11.0. The molecule has 1 aromatic heterocycles. The zero-order chi connectivity index (χ0) is 12.3. The highest BCUT2D eigenvalue weighted by Gasteiger charge is 2.05. The zero-order valence-electron chi connectivity index (χ0n) is 9.73. The Morgan fingerprint density at radius 2 is 2.24 bits per heavy atom. The van der Waals surface area contributed by atoms with E-state index in [1.807, 2.05) is 19.1 Å². The number of anilines is 1. The molecule has 0 aliphatic carbocycles. The van der Waals surface area contributed by atoms with Crippen molar-refractivity contribution < 1.29 is 9.53 Å². The fourth-order valence-electron chi connectivity index (χ4n) is 1.57. The van der Waals surface area contributed by atoms with Gasteiger partial charge in [0.15, 0.2) is 0 Å². The molecule has 1 amide bonds. The Morgan fingerprint density at radius 1 is 1.41 bits per heavy atom. The van der Waals surface area contributed by atoms with Gasteiger partial charge in [0.1, 0.15) is 6.33 Å². The molecule has 0 spiro atoms. The summed E-state index contributed by atoms with van der Waals surface area (Å²) in [6, 6.07) is 5.43. The maximum Gasteiger partial charge on any atom is 0.224 e. The van der Waals surface area contributed by atoms with Gasteiger partial charge >= 0.3 is 0 Å². The molecule has 0 bridgehead atoms. The summed E-state index contributed by atoms with van der Waals surface area (Å²) in [5.41, 5.74) is 1.50. The van der Waals surface area contributed by atoms with Crippen molar-refractivity contribution in [3.8, 4) is 5.88 Å². The standard InChI is InChI=1S/C12H13N3O2/c1-3-17-12-10-6-9(15-8(2)16)4-5-11(10)13-7-14-12/h4-7H,3H2,1-2H3,(H,15,16). The minimum absolute atomic E-state index is 0.112. The molecule has 1 heterocycles. The molecular weight excluding hydrogens is 218 g/mol. The number of ether oxygens (including phenoxy) is 1. The average molecular weight is 231 g/mol. The van der Waals surface area contributed by atoms with Crippen molar-refractivity contribution in [1.82, 2.24) is 9.97 Å². The molecule has 5 heteroatoms. The van der Waals surface area contributed by atoms with Gasteiger partial charge in [-0.05, 0) is 25.1 Å². The first-order valence-electron chi connectivity index (χ1n) is 5.36. The quantitative estimate of drug-likeness (QED) is 0.877. The lowest BCUT2D eigenvalue weighted by Gasteiger charge is -2.07. The van der Waals surface area contributed by atoms with Gasteiger partial charge in [-0.2, -0.15) is 0 Å². The Morgan fingerprint density at radius 3 is 2.94 bits per heavy atom. The van der Waals surface area contributed by atoms with Crippen LogP contribution in [-0.4, -0.2) is 22.5 Å². The number of rotatable bonds is 3. The van der Waals surface area contributed by atoms with Crippen LogP contribution in [0.1, 0.15) is 13.8 Å². The number of nitrogens with one attached hydrogen (secondary N) is 1. The Hall–Kier alpha value is -2.17. The predicted molar refractivity (Wildman–Crippen MR) is 65.0 cm³/mol. The molecule has 0 saturated carbocycles. The van der Waals surface area contributed by atoms with Crippen LogP contribution in [0, 0.1) is 0 Å². The van der Waals surface area contributed by atoms with Crippen LogP contribution in [0.2, 0.25) is 0 Å². The Kier molecular flexibility index (Phi) is 3.18. The van der Waals surface area contributed by atoms with Crippen LogP contribution in [0.5, 0.6) is 5.88 Å². The molecule has 0 radical (unpaired) electrons. The van der Waals surface area contributed by atoms with E-state index in [4.69, 9.17) is 4.74 Å². The summed E-state index contributed by atoms with van der Waals surface area (Å²) in [5, 5.41) is 3.51. The SMILES string of the molecule is CCOc1ncnc2ccc(NC(C)=O)cc12. The minimum Gasteiger partial charge on any atom is -0.477 e. The third-order valence-corrected chi connectivity index (χ3v) is 2.20. The first kappa shape index (κ1) is 11.3. The van der Waals surface area contributed by atoms with Crippen LogP contribution in [0.3, 0.4) is 0 Å². The lowest BCUT2D eigenvalue weighted by atomic mass is 10.2. The van der Waals surface area contributed by atoms with Crippen molar-refractivity contribution in [2.75, 3.05) is 11.9 Å². The highest BCUT2D eigenvalue weighted by Crippen LogP contribution is 2.24. The molecule has 1 N–H and O–H groups in total. The summed E-state index contributed by atoms with van der Waals surface area (Å²) in [6.07, 6.45) is 1.46. The first-order chi connectivity index (χ1) is 8.20. The van der Waals surface area contributed by atoms with E-state index in [1.54, 1.807) is 6.07 Å². The van der Waals surface area contributed by atoms with Gasteiger partial charge in [0.25, 0.3) is 0 Å². The molecule has 0 saturated heterocycles. The van der Waals surface area contributed by atoms with E-state index in [2.05, 4.69) is 15.3 Å². The molecule has 0 aliphatic heterocycles. The summed E-state index contributed by atoms with van der Waals surface area (Å²) in [5.74, 6) is 0.420. The lowest BCUT2D eigenvalue weighted by Crippen LogP contribution is -2.05. The topological polar surface area (TPSA) is 64.1 Å². The van der Waals surface area contributed by atoms with E-state index in [-0.39, 0.29) is 5.91 Å². The van der Waals surface area contributed by atoms with Crippen LogP contribution >= 0.6 is 0 Å². The van der Waals surface area contributed by atoms with E-state index >= 15 is 0 Å². The molecular formula is C12H13N3O2. The number of hydrogen-bond donors (Lipinski definition) is 1. The van der Waals surface area contributed by atoms with Gasteiger partial charge in [0, 0.05) is 12.6 Å². The molecule has 2 rings (SSSR count). The predicted octanol–water partition coefficient (Wildman–Crippen LogP) is 1.99. The van der Waals surface area contributed by atoms with E-state index in [1.165, 1.54) is 13.3 Å².